The fourth-order valence-electron chi connectivity index (χ4n) is 4.26. The number of carbonyl (C=O) groups is 1. The lowest BCUT2D eigenvalue weighted by atomic mass is 10.1. The number of nitrogens with one attached hydrogen (secondary N) is 1. The average Bonchev–Trinajstić information content (AvgIpc) is 3.34. The molecule has 3 atom stereocenters. The second kappa shape index (κ2) is 7.25. The Morgan fingerprint density at radius 3 is 2.96 bits per heavy atom. The molecule has 3 aliphatic heterocycles. The van der Waals surface area contributed by atoms with Gasteiger partial charge >= 0.3 is 0 Å². The number of likely N-dealkylation sites (tertiary alicyclic amines) is 2. The molecule has 0 aromatic carbocycles. The molecule has 4 heterocycles. The van der Waals surface area contributed by atoms with Gasteiger partial charge < -0.3 is 19.4 Å². The molecule has 0 bridgehead atoms. The van der Waals surface area contributed by atoms with E-state index in [9.17, 15) is 4.79 Å². The lowest BCUT2D eigenvalue weighted by molar-refractivity contribution is -0.132. The topological polar surface area (TPSA) is 58.0 Å². The summed E-state index contributed by atoms with van der Waals surface area (Å²) in [6.45, 7) is 5.84. The van der Waals surface area contributed by atoms with Crippen molar-refractivity contribution < 1.29 is 13.9 Å². The molecule has 6 heteroatoms. The van der Waals surface area contributed by atoms with Crippen molar-refractivity contribution in [3.8, 4) is 0 Å². The summed E-state index contributed by atoms with van der Waals surface area (Å²) in [5.41, 5.74) is 0. The Balaban J connectivity index is 1.24. The van der Waals surface area contributed by atoms with Crippen molar-refractivity contribution >= 4 is 5.91 Å². The first-order valence-corrected chi connectivity index (χ1v) is 9.21. The van der Waals surface area contributed by atoms with Crippen LogP contribution < -0.4 is 5.32 Å². The molecule has 0 aliphatic carbocycles. The molecule has 0 radical (unpaired) electrons. The van der Waals surface area contributed by atoms with Crippen molar-refractivity contribution in [2.75, 3.05) is 32.7 Å². The van der Waals surface area contributed by atoms with Crippen LogP contribution in [-0.2, 0) is 16.1 Å². The summed E-state index contributed by atoms with van der Waals surface area (Å²) in [5.74, 6) is 1.04. The Hall–Kier alpha value is -1.37. The maximum Gasteiger partial charge on any atom is 0.249 e. The van der Waals surface area contributed by atoms with Gasteiger partial charge in [-0.1, -0.05) is 0 Å². The minimum absolute atomic E-state index is 0.0570. The third-order valence-corrected chi connectivity index (χ3v) is 5.55. The predicted molar refractivity (Wildman–Crippen MR) is 89.5 cm³/mol. The molecule has 0 saturated carbocycles. The predicted octanol–water partition coefficient (Wildman–Crippen LogP) is 1.22. The highest BCUT2D eigenvalue weighted by molar-refractivity contribution is 5.81. The fraction of sp³-hybridized carbons (Fsp3) is 0.722. The molecular weight excluding hydrogens is 306 g/mol. The van der Waals surface area contributed by atoms with E-state index >= 15 is 0 Å². The van der Waals surface area contributed by atoms with E-state index in [2.05, 4.69) is 15.1 Å². The van der Waals surface area contributed by atoms with E-state index in [0.717, 1.165) is 44.8 Å². The van der Waals surface area contributed by atoms with E-state index in [4.69, 9.17) is 9.15 Å². The number of hydrogen-bond donors (Lipinski definition) is 1. The number of hydrogen-bond acceptors (Lipinski definition) is 5. The van der Waals surface area contributed by atoms with Crippen LogP contribution in [-0.4, -0.2) is 66.7 Å². The van der Waals surface area contributed by atoms with Gasteiger partial charge in [0.15, 0.2) is 0 Å². The number of nitrogens with zero attached hydrogens (tertiary/aromatic N) is 2. The first kappa shape index (κ1) is 16.1. The van der Waals surface area contributed by atoms with Crippen LogP contribution in [0.3, 0.4) is 0 Å². The highest BCUT2D eigenvalue weighted by Gasteiger charge is 2.45. The van der Waals surface area contributed by atoms with E-state index in [1.807, 2.05) is 12.1 Å². The van der Waals surface area contributed by atoms with Gasteiger partial charge in [-0.05, 0) is 44.5 Å². The van der Waals surface area contributed by atoms with E-state index < -0.39 is 0 Å². The van der Waals surface area contributed by atoms with Gasteiger partial charge in [-0.25, -0.2) is 0 Å². The molecule has 4 rings (SSSR count). The van der Waals surface area contributed by atoms with Gasteiger partial charge in [0.05, 0.1) is 18.9 Å². The Labute approximate surface area is 143 Å². The lowest BCUT2D eigenvalue weighted by Crippen LogP contribution is -2.40. The zero-order valence-corrected chi connectivity index (χ0v) is 14.2. The molecule has 132 valence electrons. The monoisotopic (exact) mass is 333 g/mol. The van der Waals surface area contributed by atoms with Gasteiger partial charge in [0.1, 0.15) is 11.9 Å². The summed E-state index contributed by atoms with van der Waals surface area (Å²) < 4.78 is 11.5. The maximum absolute atomic E-state index is 12.4. The Morgan fingerprint density at radius 1 is 1.29 bits per heavy atom. The first-order valence-electron chi connectivity index (χ1n) is 9.21. The van der Waals surface area contributed by atoms with Crippen molar-refractivity contribution in [1.29, 1.82) is 0 Å². The molecule has 1 amide bonds. The zero-order chi connectivity index (χ0) is 16.4. The van der Waals surface area contributed by atoms with E-state index in [0.29, 0.717) is 6.04 Å². The molecule has 1 N–H and O–H groups in total. The second-order valence-electron chi connectivity index (χ2n) is 7.14. The highest BCUT2D eigenvalue weighted by Crippen LogP contribution is 2.33. The number of fused-ring (bicyclic) bond motifs is 1. The average molecular weight is 333 g/mol. The van der Waals surface area contributed by atoms with Gasteiger partial charge in [0, 0.05) is 32.1 Å². The van der Waals surface area contributed by atoms with Crippen molar-refractivity contribution in [1.82, 2.24) is 15.1 Å². The van der Waals surface area contributed by atoms with Gasteiger partial charge in [-0.2, -0.15) is 0 Å². The summed E-state index contributed by atoms with van der Waals surface area (Å²) in [6.07, 6.45) is 5.98. The van der Waals surface area contributed by atoms with Crippen molar-refractivity contribution in [3.63, 3.8) is 0 Å². The van der Waals surface area contributed by atoms with Crippen LogP contribution in [0.1, 0.15) is 31.4 Å². The molecule has 6 nitrogen and oxygen atoms in total. The van der Waals surface area contributed by atoms with Crippen molar-refractivity contribution in [2.45, 2.75) is 50.5 Å². The normalized spacial score (nSPS) is 30.8. The van der Waals surface area contributed by atoms with Gasteiger partial charge in [0.25, 0.3) is 0 Å². The van der Waals surface area contributed by atoms with Gasteiger partial charge in [0.2, 0.25) is 5.91 Å². The standard InChI is InChI=1S/C18H27N3O3/c22-18(19-6-10-20-7-1-2-8-20)17-12-15-16(24-17)5-9-21(15)13-14-4-3-11-23-14/h3-4,11,15-17H,1-2,5-10,12-13H2,(H,19,22)/t15-,16-,17+/m0/s1. The largest absolute Gasteiger partial charge is 0.468 e. The molecule has 3 saturated heterocycles. The molecule has 0 unspecified atom stereocenters. The van der Waals surface area contributed by atoms with Gasteiger partial charge in [-0.3, -0.25) is 9.69 Å². The molecule has 1 aromatic rings. The van der Waals surface area contributed by atoms with E-state index in [1.54, 1.807) is 6.26 Å². The van der Waals surface area contributed by atoms with Crippen LogP contribution >= 0.6 is 0 Å². The third kappa shape index (κ3) is 3.50. The summed E-state index contributed by atoms with van der Waals surface area (Å²) in [4.78, 5) is 17.2. The zero-order valence-electron chi connectivity index (χ0n) is 14.2. The molecule has 24 heavy (non-hydrogen) atoms. The second-order valence-corrected chi connectivity index (χ2v) is 7.14. The van der Waals surface area contributed by atoms with Crippen LogP contribution in [0.15, 0.2) is 22.8 Å². The fourth-order valence-corrected chi connectivity index (χ4v) is 4.26. The Bertz CT molecular complexity index is 542. The first-order chi connectivity index (χ1) is 11.8. The van der Waals surface area contributed by atoms with Crippen LogP contribution in [0.2, 0.25) is 0 Å². The quantitative estimate of drug-likeness (QED) is 0.848. The third-order valence-electron chi connectivity index (χ3n) is 5.55. The summed E-state index contributed by atoms with van der Waals surface area (Å²) in [6, 6.07) is 4.26. The van der Waals surface area contributed by atoms with E-state index in [-0.39, 0.29) is 18.1 Å². The summed E-state index contributed by atoms with van der Waals surface area (Å²) in [7, 11) is 0. The smallest absolute Gasteiger partial charge is 0.249 e. The maximum atomic E-state index is 12.4. The molecule has 3 aliphatic rings. The molecule has 3 fully saturated rings. The number of rotatable bonds is 6. The van der Waals surface area contributed by atoms with Crippen molar-refractivity contribution in [2.24, 2.45) is 0 Å². The molecule has 1 aromatic heterocycles. The van der Waals surface area contributed by atoms with Crippen LogP contribution in [0.4, 0.5) is 0 Å². The minimum Gasteiger partial charge on any atom is -0.468 e. The minimum atomic E-state index is -0.294. The highest BCUT2D eigenvalue weighted by atomic mass is 16.5. The number of amides is 1. The Kier molecular flexibility index (Phi) is 4.87. The number of ether oxygens (including phenoxy) is 1. The van der Waals surface area contributed by atoms with Crippen LogP contribution in [0.5, 0.6) is 0 Å². The van der Waals surface area contributed by atoms with Crippen LogP contribution in [0, 0.1) is 0 Å². The van der Waals surface area contributed by atoms with E-state index in [1.165, 1.54) is 25.9 Å². The molecule has 0 spiro atoms. The van der Waals surface area contributed by atoms with Crippen molar-refractivity contribution in [3.05, 3.63) is 24.2 Å². The lowest BCUT2D eigenvalue weighted by Gasteiger charge is -2.21. The Morgan fingerprint density at radius 2 is 2.17 bits per heavy atom. The number of carbonyl (C=O) groups excluding carboxylic acids is 1. The van der Waals surface area contributed by atoms with Crippen LogP contribution in [0.25, 0.3) is 0 Å². The summed E-state index contributed by atoms with van der Waals surface area (Å²) >= 11 is 0. The van der Waals surface area contributed by atoms with Gasteiger partial charge in [-0.15, -0.1) is 0 Å². The number of furan rings is 1. The summed E-state index contributed by atoms with van der Waals surface area (Å²) in [5, 5.41) is 3.06. The SMILES string of the molecule is O=C(NCCN1CCCC1)[C@H]1C[C@H]2[C@H](CCN2Cc2ccco2)O1. The molecular formula is C18H27N3O3.